The number of carbonyl (C=O) groups excluding carboxylic acids is 1. The molecule has 0 spiro atoms. The van der Waals surface area contributed by atoms with Gasteiger partial charge in [0.05, 0.1) is 17.7 Å². The van der Waals surface area contributed by atoms with E-state index in [1.54, 1.807) is 0 Å². The van der Waals surface area contributed by atoms with Gasteiger partial charge in [-0.2, -0.15) is 0 Å². The van der Waals surface area contributed by atoms with E-state index in [0.717, 1.165) is 18.2 Å². The zero-order chi connectivity index (χ0) is 17.2. The minimum atomic E-state index is -3.99. The highest BCUT2D eigenvalue weighted by atomic mass is 32.2. The van der Waals surface area contributed by atoms with Gasteiger partial charge in [0.25, 0.3) is 5.91 Å². The van der Waals surface area contributed by atoms with Crippen LogP contribution in [0.5, 0.6) is 5.75 Å². The number of carbonyl (C=O) groups is 1. The molecule has 0 radical (unpaired) electrons. The van der Waals surface area contributed by atoms with Crippen LogP contribution in [0.4, 0.5) is 14.5 Å². The summed E-state index contributed by atoms with van der Waals surface area (Å²) in [6.07, 6.45) is 0. The van der Waals surface area contributed by atoms with Crippen LogP contribution < -0.4 is 15.2 Å². The Kier molecular flexibility index (Phi) is 4.62. The van der Waals surface area contributed by atoms with E-state index in [0.29, 0.717) is 6.07 Å². The number of nitrogens with one attached hydrogen (secondary N) is 1. The van der Waals surface area contributed by atoms with E-state index in [9.17, 15) is 22.0 Å². The minimum Gasteiger partial charge on any atom is -0.495 e. The third kappa shape index (κ3) is 4.02. The Balaban J connectivity index is 2.40. The lowest BCUT2D eigenvalue weighted by atomic mass is 10.2. The molecule has 0 heterocycles. The molecule has 0 saturated carbocycles. The largest absolute Gasteiger partial charge is 0.495 e. The molecular formula is C14H12F2N2O4S. The molecule has 122 valence electrons. The number of halogens is 2. The summed E-state index contributed by atoms with van der Waals surface area (Å²) in [5, 5.41) is 7.35. The second-order valence-corrected chi connectivity index (χ2v) is 6.08. The number of hydrogen-bond acceptors (Lipinski definition) is 4. The number of ether oxygens (including phenoxy) is 1. The number of sulfonamides is 1. The van der Waals surface area contributed by atoms with E-state index >= 15 is 0 Å². The number of nitrogens with two attached hydrogens (primary N) is 1. The van der Waals surface area contributed by atoms with E-state index in [2.05, 4.69) is 5.32 Å². The number of benzene rings is 2. The van der Waals surface area contributed by atoms with Crippen LogP contribution in [0.1, 0.15) is 10.4 Å². The van der Waals surface area contributed by atoms with Crippen molar-refractivity contribution < 1.29 is 26.7 Å². The van der Waals surface area contributed by atoms with Crippen LogP contribution in [0.25, 0.3) is 0 Å². The quantitative estimate of drug-likeness (QED) is 0.886. The molecule has 0 aromatic heterocycles. The van der Waals surface area contributed by atoms with Crippen molar-refractivity contribution in [3.05, 3.63) is 53.6 Å². The maximum absolute atomic E-state index is 13.2. The second-order valence-electron chi connectivity index (χ2n) is 4.52. The number of rotatable bonds is 4. The molecule has 23 heavy (non-hydrogen) atoms. The summed E-state index contributed by atoms with van der Waals surface area (Å²) in [7, 11) is -2.68. The first-order valence-corrected chi connectivity index (χ1v) is 7.73. The summed E-state index contributed by atoms with van der Waals surface area (Å²) >= 11 is 0. The molecule has 9 heteroatoms. The molecule has 0 aliphatic rings. The fourth-order valence-electron chi connectivity index (χ4n) is 1.84. The summed E-state index contributed by atoms with van der Waals surface area (Å²) in [6, 6.07) is 5.89. The van der Waals surface area contributed by atoms with Crippen LogP contribution in [-0.4, -0.2) is 21.4 Å². The molecule has 6 nitrogen and oxygen atoms in total. The molecular weight excluding hydrogens is 330 g/mol. The van der Waals surface area contributed by atoms with Crippen LogP contribution in [0.15, 0.2) is 41.3 Å². The van der Waals surface area contributed by atoms with Gasteiger partial charge in [0.15, 0.2) is 0 Å². The van der Waals surface area contributed by atoms with E-state index in [4.69, 9.17) is 9.88 Å². The Bertz CT molecular complexity index is 849. The van der Waals surface area contributed by atoms with Crippen molar-refractivity contribution in [3.8, 4) is 5.75 Å². The highest BCUT2D eigenvalue weighted by molar-refractivity contribution is 7.89. The predicted molar refractivity (Wildman–Crippen MR) is 78.7 cm³/mol. The average molecular weight is 342 g/mol. The standard InChI is InChI=1S/C14H12F2N2O4S/c1-22-13-3-2-11(23(17,20)21)7-12(13)18-14(19)8-4-9(15)6-10(16)5-8/h2-7H,1H3,(H,18,19)(H2,17,20,21). The molecule has 0 aliphatic carbocycles. The van der Waals surface area contributed by atoms with E-state index in [1.807, 2.05) is 0 Å². The summed E-state index contributed by atoms with van der Waals surface area (Å²) in [5.41, 5.74) is -0.278. The maximum Gasteiger partial charge on any atom is 0.255 e. The van der Waals surface area contributed by atoms with E-state index in [-0.39, 0.29) is 21.9 Å². The fourth-order valence-corrected chi connectivity index (χ4v) is 2.38. The number of primary sulfonamides is 1. The molecule has 1 amide bonds. The average Bonchev–Trinajstić information content (AvgIpc) is 2.45. The number of methoxy groups -OCH3 is 1. The molecule has 3 N–H and O–H groups in total. The topological polar surface area (TPSA) is 98.5 Å². The molecule has 0 unspecified atom stereocenters. The fraction of sp³-hybridized carbons (Fsp3) is 0.0714. The monoisotopic (exact) mass is 342 g/mol. The summed E-state index contributed by atoms with van der Waals surface area (Å²) in [5.74, 6) is -2.52. The van der Waals surface area contributed by atoms with Crippen LogP contribution >= 0.6 is 0 Å². The van der Waals surface area contributed by atoms with Crippen LogP contribution in [0.3, 0.4) is 0 Å². The van der Waals surface area contributed by atoms with Crippen molar-refractivity contribution in [2.24, 2.45) is 5.14 Å². The lowest BCUT2D eigenvalue weighted by molar-refractivity contribution is 0.102. The van der Waals surface area contributed by atoms with Crippen LogP contribution in [-0.2, 0) is 10.0 Å². The van der Waals surface area contributed by atoms with Crippen molar-refractivity contribution in [1.82, 2.24) is 0 Å². The Labute approximate surface area is 130 Å². The molecule has 0 fully saturated rings. The Morgan fingerprint density at radius 1 is 1.13 bits per heavy atom. The van der Waals surface area contributed by atoms with E-state index in [1.165, 1.54) is 19.2 Å². The molecule has 2 aromatic rings. The normalized spacial score (nSPS) is 11.1. The number of anilines is 1. The Hall–Kier alpha value is -2.52. The zero-order valence-electron chi connectivity index (χ0n) is 11.8. The molecule has 0 bridgehead atoms. The van der Waals surface area contributed by atoms with Gasteiger partial charge in [0.1, 0.15) is 17.4 Å². The van der Waals surface area contributed by atoms with Gasteiger partial charge in [-0.1, -0.05) is 0 Å². The Morgan fingerprint density at radius 3 is 2.26 bits per heavy atom. The molecule has 0 aliphatic heterocycles. The van der Waals surface area contributed by atoms with Gasteiger partial charge in [-0.25, -0.2) is 22.3 Å². The molecule has 2 aromatic carbocycles. The lowest BCUT2D eigenvalue weighted by Crippen LogP contribution is -2.16. The molecule has 2 rings (SSSR count). The zero-order valence-corrected chi connectivity index (χ0v) is 12.7. The van der Waals surface area contributed by atoms with Crippen molar-refractivity contribution in [2.45, 2.75) is 4.90 Å². The third-order valence-corrected chi connectivity index (χ3v) is 3.78. The van der Waals surface area contributed by atoms with Crippen LogP contribution in [0.2, 0.25) is 0 Å². The van der Waals surface area contributed by atoms with Gasteiger partial charge in [-0.3, -0.25) is 4.79 Å². The van der Waals surface area contributed by atoms with Crippen LogP contribution in [0, 0.1) is 11.6 Å². The first kappa shape index (κ1) is 16.8. The van der Waals surface area contributed by atoms with E-state index < -0.39 is 27.6 Å². The minimum absolute atomic E-state index is 0.00584. The summed E-state index contributed by atoms with van der Waals surface area (Å²) in [6.45, 7) is 0. The van der Waals surface area contributed by atoms with Crippen molar-refractivity contribution in [2.75, 3.05) is 12.4 Å². The van der Waals surface area contributed by atoms with Crippen molar-refractivity contribution in [3.63, 3.8) is 0 Å². The smallest absolute Gasteiger partial charge is 0.255 e. The van der Waals surface area contributed by atoms with Gasteiger partial charge < -0.3 is 10.1 Å². The number of amides is 1. The van der Waals surface area contributed by atoms with Crippen molar-refractivity contribution >= 4 is 21.6 Å². The lowest BCUT2D eigenvalue weighted by Gasteiger charge is -2.11. The first-order chi connectivity index (χ1) is 10.7. The van der Waals surface area contributed by atoms with Gasteiger partial charge in [-0.15, -0.1) is 0 Å². The second kappa shape index (κ2) is 6.31. The highest BCUT2D eigenvalue weighted by Crippen LogP contribution is 2.27. The Morgan fingerprint density at radius 2 is 1.74 bits per heavy atom. The maximum atomic E-state index is 13.2. The summed E-state index contributed by atoms with van der Waals surface area (Å²) in [4.78, 5) is 11.8. The summed E-state index contributed by atoms with van der Waals surface area (Å²) < 4.78 is 54.0. The first-order valence-electron chi connectivity index (χ1n) is 6.19. The molecule has 0 atom stereocenters. The predicted octanol–water partition coefficient (Wildman–Crippen LogP) is 1.87. The highest BCUT2D eigenvalue weighted by Gasteiger charge is 2.16. The van der Waals surface area contributed by atoms with Gasteiger partial charge in [-0.05, 0) is 30.3 Å². The van der Waals surface area contributed by atoms with Gasteiger partial charge >= 0.3 is 0 Å². The number of hydrogen-bond donors (Lipinski definition) is 2. The molecule has 0 saturated heterocycles. The van der Waals surface area contributed by atoms with Crippen molar-refractivity contribution in [1.29, 1.82) is 0 Å². The van der Waals surface area contributed by atoms with Gasteiger partial charge in [0, 0.05) is 11.6 Å². The van der Waals surface area contributed by atoms with Gasteiger partial charge in [0.2, 0.25) is 10.0 Å². The third-order valence-electron chi connectivity index (χ3n) is 2.87. The SMILES string of the molecule is COc1ccc(S(N)(=O)=O)cc1NC(=O)c1cc(F)cc(F)c1.